The zero-order valence-electron chi connectivity index (χ0n) is 9.94. The van der Waals surface area contributed by atoms with Gasteiger partial charge >= 0.3 is 0 Å². The molecule has 17 heavy (non-hydrogen) atoms. The minimum atomic E-state index is 0.0916. The fourth-order valence-electron chi connectivity index (χ4n) is 2.22. The standard InChI is InChI=1S/C13H18N2O2/c1-2-11(10-5-3-4-6-12(10)16)15-9-7-13(17)14-8-9/h3-6,9,11,15-16H,2,7-8H2,1H3,(H,14,17). The van der Waals surface area contributed by atoms with Gasteiger partial charge < -0.3 is 15.7 Å². The van der Waals surface area contributed by atoms with Crippen molar-refractivity contribution in [2.24, 2.45) is 0 Å². The Balaban J connectivity index is 2.06. The summed E-state index contributed by atoms with van der Waals surface area (Å²) in [5, 5.41) is 16.0. The van der Waals surface area contributed by atoms with Crippen molar-refractivity contribution in [2.45, 2.75) is 31.8 Å². The van der Waals surface area contributed by atoms with Crippen molar-refractivity contribution >= 4 is 5.91 Å². The number of amides is 1. The van der Waals surface area contributed by atoms with Crippen molar-refractivity contribution < 1.29 is 9.90 Å². The van der Waals surface area contributed by atoms with Crippen molar-refractivity contribution in [2.75, 3.05) is 6.54 Å². The Hall–Kier alpha value is -1.55. The molecule has 4 heteroatoms. The summed E-state index contributed by atoms with van der Waals surface area (Å²) < 4.78 is 0. The van der Waals surface area contributed by atoms with Gasteiger partial charge in [0.25, 0.3) is 0 Å². The van der Waals surface area contributed by atoms with E-state index in [9.17, 15) is 9.90 Å². The zero-order valence-corrected chi connectivity index (χ0v) is 9.94. The predicted molar refractivity (Wildman–Crippen MR) is 65.7 cm³/mol. The SMILES string of the molecule is CCC(NC1CNC(=O)C1)c1ccccc1O. The first-order chi connectivity index (χ1) is 8.20. The van der Waals surface area contributed by atoms with E-state index in [1.807, 2.05) is 18.2 Å². The Morgan fingerprint density at radius 1 is 1.53 bits per heavy atom. The second kappa shape index (κ2) is 5.19. The van der Waals surface area contributed by atoms with Crippen molar-refractivity contribution in [3.05, 3.63) is 29.8 Å². The molecule has 4 nitrogen and oxygen atoms in total. The van der Waals surface area contributed by atoms with Crippen LogP contribution in [0.4, 0.5) is 0 Å². The van der Waals surface area contributed by atoms with E-state index in [0.717, 1.165) is 12.0 Å². The van der Waals surface area contributed by atoms with Crippen LogP contribution in [-0.2, 0) is 4.79 Å². The summed E-state index contributed by atoms with van der Waals surface area (Å²) in [5.41, 5.74) is 0.898. The fourth-order valence-corrected chi connectivity index (χ4v) is 2.22. The molecule has 1 saturated heterocycles. The molecule has 0 aromatic heterocycles. The largest absolute Gasteiger partial charge is 0.508 e. The molecule has 1 aliphatic heterocycles. The molecule has 1 amide bonds. The first-order valence-electron chi connectivity index (χ1n) is 6.01. The van der Waals surface area contributed by atoms with E-state index in [-0.39, 0.29) is 18.0 Å². The summed E-state index contributed by atoms with van der Waals surface area (Å²) >= 11 is 0. The lowest BCUT2D eigenvalue weighted by molar-refractivity contribution is -0.119. The van der Waals surface area contributed by atoms with Gasteiger partial charge in [0.2, 0.25) is 5.91 Å². The van der Waals surface area contributed by atoms with E-state index in [4.69, 9.17) is 0 Å². The van der Waals surface area contributed by atoms with Crippen LogP contribution in [0.25, 0.3) is 0 Å². The van der Waals surface area contributed by atoms with Gasteiger partial charge in [-0.2, -0.15) is 0 Å². The highest BCUT2D eigenvalue weighted by Gasteiger charge is 2.24. The maximum absolute atomic E-state index is 11.1. The number of carbonyl (C=O) groups excluding carboxylic acids is 1. The molecule has 0 radical (unpaired) electrons. The normalized spacial score (nSPS) is 21.2. The molecule has 1 aromatic carbocycles. The Kier molecular flexibility index (Phi) is 3.64. The highest BCUT2D eigenvalue weighted by atomic mass is 16.3. The number of hydrogen-bond acceptors (Lipinski definition) is 3. The second-order valence-corrected chi connectivity index (χ2v) is 4.39. The van der Waals surface area contributed by atoms with Gasteiger partial charge in [-0.25, -0.2) is 0 Å². The highest BCUT2D eigenvalue weighted by molar-refractivity contribution is 5.78. The number of hydrogen-bond donors (Lipinski definition) is 3. The van der Waals surface area contributed by atoms with Gasteiger partial charge in [-0.1, -0.05) is 25.1 Å². The molecule has 0 spiro atoms. The van der Waals surface area contributed by atoms with E-state index < -0.39 is 0 Å². The van der Waals surface area contributed by atoms with Crippen molar-refractivity contribution in [3.8, 4) is 5.75 Å². The predicted octanol–water partition coefficient (Wildman–Crippen LogP) is 1.32. The van der Waals surface area contributed by atoms with E-state index in [2.05, 4.69) is 17.6 Å². The molecule has 1 aromatic rings. The smallest absolute Gasteiger partial charge is 0.221 e. The van der Waals surface area contributed by atoms with E-state index in [1.54, 1.807) is 6.07 Å². The molecule has 3 N–H and O–H groups in total. The number of phenols is 1. The monoisotopic (exact) mass is 234 g/mol. The van der Waals surface area contributed by atoms with Crippen LogP contribution < -0.4 is 10.6 Å². The highest BCUT2D eigenvalue weighted by Crippen LogP contribution is 2.26. The van der Waals surface area contributed by atoms with Crippen LogP contribution in [0.2, 0.25) is 0 Å². The lowest BCUT2D eigenvalue weighted by atomic mass is 10.0. The molecule has 0 aliphatic carbocycles. The van der Waals surface area contributed by atoms with E-state index >= 15 is 0 Å². The van der Waals surface area contributed by atoms with Crippen molar-refractivity contribution in [1.29, 1.82) is 0 Å². The maximum Gasteiger partial charge on any atom is 0.221 e. The zero-order chi connectivity index (χ0) is 12.3. The van der Waals surface area contributed by atoms with Gasteiger partial charge in [0.1, 0.15) is 5.75 Å². The molecule has 2 unspecified atom stereocenters. The molecule has 1 fully saturated rings. The minimum Gasteiger partial charge on any atom is -0.508 e. The van der Waals surface area contributed by atoms with Gasteiger partial charge in [-0.05, 0) is 12.5 Å². The Labute approximate surface area is 101 Å². The van der Waals surface area contributed by atoms with Gasteiger partial charge in [0.15, 0.2) is 0 Å². The van der Waals surface area contributed by atoms with Crippen LogP contribution in [0.5, 0.6) is 5.75 Å². The summed E-state index contributed by atoms with van der Waals surface area (Å²) in [7, 11) is 0. The first-order valence-corrected chi connectivity index (χ1v) is 6.01. The van der Waals surface area contributed by atoms with Gasteiger partial charge in [-0.15, -0.1) is 0 Å². The molecular weight excluding hydrogens is 216 g/mol. The average molecular weight is 234 g/mol. The number of rotatable bonds is 4. The first kappa shape index (κ1) is 11.9. The van der Waals surface area contributed by atoms with Gasteiger partial charge in [0.05, 0.1) is 0 Å². The summed E-state index contributed by atoms with van der Waals surface area (Å²) in [6, 6.07) is 7.59. The number of para-hydroxylation sites is 1. The third-order valence-corrected chi connectivity index (χ3v) is 3.13. The lowest BCUT2D eigenvalue weighted by Gasteiger charge is -2.22. The average Bonchev–Trinajstić information content (AvgIpc) is 2.73. The van der Waals surface area contributed by atoms with Crippen LogP contribution >= 0.6 is 0 Å². The summed E-state index contributed by atoms with van der Waals surface area (Å²) in [5.74, 6) is 0.402. The third-order valence-electron chi connectivity index (χ3n) is 3.13. The molecule has 2 atom stereocenters. The molecule has 0 saturated carbocycles. The molecule has 2 rings (SSSR count). The third kappa shape index (κ3) is 2.77. The van der Waals surface area contributed by atoms with Crippen molar-refractivity contribution in [3.63, 3.8) is 0 Å². The fraction of sp³-hybridized carbons (Fsp3) is 0.462. The Bertz CT molecular complexity index is 406. The molecular formula is C13H18N2O2. The van der Waals surface area contributed by atoms with Crippen molar-refractivity contribution in [1.82, 2.24) is 10.6 Å². The number of nitrogens with one attached hydrogen (secondary N) is 2. The Morgan fingerprint density at radius 3 is 2.88 bits per heavy atom. The number of aromatic hydroxyl groups is 1. The summed E-state index contributed by atoms with van der Waals surface area (Å²) in [6.07, 6.45) is 1.40. The van der Waals surface area contributed by atoms with E-state index in [0.29, 0.717) is 18.7 Å². The summed E-state index contributed by atoms with van der Waals surface area (Å²) in [4.78, 5) is 11.1. The summed E-state index contributed by atoms with van der Waals surface area (Å²) in [6.45, 7) is 2.73. The van der Waals surface area contributed by atoms with Crippen LogP contribution in [0, 0.1) is 0 Å². The van der Waals surface area contributed by atoms with Crippen LogP contribution in [0.1, 0.15) is 31.4 Å². The molecule has 0 bridgehead atoms. The molecule has 1 heterocycles. The maximum atomic E-state index is 11.1. The quantitative estimate of drug-likeness (QED) is 0.736. The topological polar surface area (TPSA) is 61.4 Å². The lowest BCUT2D eigenvalue weighted by Crippen LogP contribution is -2.34. The van der Waals surface area contributed by atoms with Crippen LogP contribution in [0.3, 0.4) is 0 Å². The van der Waals surface area contributed by atoms with Gasteiger partial charge in [-0.3, -0.25) is 4.79 Å². The van der Waals surface area contributed by atoms with Crippen LogP contribution in [0.15, 0.2) is 24.3 Å². The number of phenolic OH excluding ortho intramolecular Hbond substituents is 1. The number of benzene rings is 1. The molecule has 92 valence electrons. The van der Waals surface area contributed by atoms with Crippen LogP contribution in [-0.4, -0.2) is 23.6 Å². The van der Waals surface area contributed by atoms with E-state index in [1.165, 1.54) is 0 Å². The number of carbonyl (C=O) groups is 1. The van der Waals surface area contributed by atoms with Gasteiger partial charge in [0, 0.05) is 30.6 Å². The Morgan fingerprint density at radius 2 is 2.29 bits per heavy atom. The second-order valence-electron chi connectivity index (χ2n) is 4.39. The minimum absolute atomic E-state index is 0.0916. The molecule has 1 aliphatic rings.